The Morgan fingerprint density at radius 3 is 1.79 bits per heavy atom. The highest BCUT2D eigenvalue weighted by atomic mass is 16.7. The zero-order valence-corrected chi connectivity index (χ0v) is 24.7. The summed E-state index contributed by atoms with van der Waals surface area (Å²) < 4.78 is 21.8. The minimum Gasteiger partial charge on any atom is -0.480 e. The van der Waals surface area contributed by atoms with Crippen LogP contribution in [0, 0.1) is 10.8 Å². The van der Waals surface area contributed by atoms with E-state index in [0.717, 1.165) is 0 Å². The molecule has 0 aliphatic carbocycles. The first-order chi connectivity index (χ1) is 18.0. The van der Waals surface area contributed by atoms with Crippen molar-refractivity contribution in [1.82, 2.24) is 0 Å². The predicted molar refractivity (Wildman–Crippen MR) is 146 cm³/mol. The van der Waals surface area contributed by atoms with Crippen LogP contribution in [0.15, 0.2) is 18.2 Å². The molecule has 0 saturated carbocycles. The molecule has 0 radical (unpaired) electrons. The van der Waals surface area contributed by atoms with E-state index < -0.39 is 53.0 Å². The second-order valence-corrected chi connectivity index (χ2v) is 11.2. The number of carbonyl (C=O) groups is 4. The van der Waals surface area contributed by atoms with Crippen LogP contribution in [0.4, 0.5) is 4.79 Å². The molecule has 10 heteroatoms. The van der Waals surface area contributed by atoms with Crippen molar-refractivity contribution in [2.24, 2.45) is 16.6 Å². The van der Waals surface area contributed by atoms with E-state index in [4.69, 9.17) is 24.7 Å². The summed E-state index contributed by atoms with van der Waals surface area (Å²) in [5.74, 6) is -3.17. The molecule has 0 aliphatic heterocycles. The average Bonchev–Trinajstić information content (AvgIpc) is 2.87. The summed E-state index contributed by atoms with van der Waals surface area (Å²) in [5, 5.41) is 9.69. The van der Waals surface area contributed by atoms with Gasteiger partial charge in [0.2, 0.25) is 0 Å². The molecule has 0 heterocycles. The number of hydrogen-bond acceptors (Lipinski definition) is 9. The van der Waals surface area contributed by atoms with Gasteiger partial charge in [-0.1, -0.05) is 26.8 Å². The fourth-order valence-electron chi connectivity index (χ4n) is 3.19. The summed E-state index contributed by atoms with van der Waals surface area (Å²) in [6, 6.07) is 3.08. The van der Waals surface area contributed by atoms with E-state index in [9.17, 15) is 24.3 Å². The molecular formula is C29H45NO9. The minimum atomic E-state index is -1.37. The van der Waals surface area contributed by atoms with Gasteiger partial charge < -0.3 is 29.8 Å². The van der Waals surface area contributed by atoms with Crippen molar-refractivity contribution in [3.8, 4) is 11.5 Å². The van der Waals surface area contributed by atoms with Gasteiger partial charge in [-0.15, -0.1) is 0 Å². The zero-order chi connectivity index (χ0) is 30.1. The normalized spacial score (nSPS) is 14.9. The van der Waals surface area contributed by atoms with Gasteiger partial charge in [-0.3, -0.25) is 14.4 Å². The summed E-state index contributed by atoms with van der Waals surface area (Å²) in [4.78, 5) is 49.7. The quantitative estimate of drug-likeness (QED) is 0.221. The van der Waals surface area contributed by atoms with E-state index in [1.165, 1.54) is 12.1 Å². The van der Waals surface area contributed by atoms with Crippen LogP contribution in [0.5, 0.6) is 11.5 Å². The summed E-state index contributed by atoms with van der Waals surface area (Å²) in [5.41, 5.74) is 4.84. The van der Waals surface area contributed by atoms with Crippen LogP contribution < -0.4 is 15.2 Å². The topological polar surface area (TPSA) is 151 Å². The maximum atomic E-state index is 12.9. The molecule has 0 aromatic heterocycles. The Kier molecular flexibility index (Phi) is 12.4. The fourth-order valence-corrected chi connectivity index (χ4v) is 3.19. The van der Waals surface area contributed by atoms with Gasteiger partial charge in [0, 0.05) is 5.92 Å². The molecule has 1 aromatic carbocycles. The molecular weight excluding hydrogens is 506 g/mol. The highest BCUT2D eigenvalue weighted by Crippen LogP contribution is 2.37. The minimum absolute atomic E-state index is 0.0228. The number of carboxylic acid groups (broad SMARTS) is 1. The van der Waals surface area contributed by atoms with Crippen LogP contribution in [0.3, 0.4) is 0 Å². The first kappa shape index (κ1) is 33.9. The Balaban J connectivity index is 3.46. The lowest BCUT2D eigenvalue weighted by molar-refractivity contribution is -0.147. The lowest BCUT2D eigenvalue weighted by Gasteiger charge is -2.27. The highest BCUT2D eigenvalue weighted by Gasteiger charge is 2.34. The summed E-state index contributed by atoms with van der Waals surface area (Å²) in [6.07, 6.45) is -0.273. The lowest BCUT2D eigenvalue weighted by Crippen LogP contribution is -2.38. The van der Waals surface area contributed by atoms with E-state index in [0.29, 0.717) is 24.8 Å². The van der Waals surface area contributed by atoms with Gasteiger partial charge in [0.05, 0.1) is 10.8 Å². The van der Waals surface area contributed by atoms with E-state index in [1.54, 1.807) is 47.6 Å². The molecule has 0 aliphatic rings. The molecule has 220 valence electrons. The van der Waals surface area contributed by atoms with Gasteiger partial charge in [0.25, 0.3) is 0 Å². The first-order valence-electron chi connectivity index (χ1n) is 13.4. The highest BCUT2D eigenvalue weighted by molar-refractivity contribution is 5.81. The molecule has 0 amide bonds. The molecule has 4 atom stereocenters. The SMILES string of the molecule is CCC(C)OC(=O)OC(C)CC(c1ccc(OC(=O)C(C)(C)CC)c(OC(=O)C(C)(C)CC)c1)[C@H](N)C(=O)O. The van der Waals surface area contributed by atoms with Gasteiger partial charge >= 0.3 is 24.1 Å². The summed E-state index contributed by atoms with van der Waals surface area (Å²) in [6.45, 7) is 15.8. The van der Waals surface area contributed by atoms with Gasteiger partial charge in [-0.2, -0.15) is 0 Å². The largest absolute Gasteiger partial charge is 0.508 e. The number of aliphatic carboxylic acids is 1. The Bertz CT molecular complexity index is 1020. The molecule has 10 nitrogen and oxygen atoms in total. The molecule has 0 bridgehead atoms. The average molecular weight is 552 g/mol. The van der Waals surface area contributed by atoms with Gasteiger partial charge in [0.1, 0.15) is 18.2 Å². The van der Waals surface area contributed by atoms with Crippen molar-refractivity contribution >= 4 is 24.1 Å². The molecule has 39 heavy (non-hydrogen) atoms. The third kappa shape index (κ3) is 9.84. The molecule has 0 fully saturated rings. The maximum absolute atomic E-state index is 12.9. The Morgan fingerprint density at radius 2 is 1.33 bits per heavy atom. The molecule has 3 unspecified atom stereocenters. The summed E-state index contributed by atoms with van der Waals surface area (Å²) in [7, 11) is 0. The van der Waals surface area contributed by atoms with Gasteiger partial charge in [0.15, 0.2) is 11.5 Å². The van der Waals surface area contributed by atoms with Crippen molar-refractivity contribution in [3.05, 3.63) is 23.8 Å². The van der Waals surface area contributed by atoms with Crippen molar-refractivity contribution in [2.75, 3.05) is 0 Å². The van der Waals surface area contributed by atoms with E-state index in [2.05, 4.69) is 0 Å². The van der Waals surface area contributed by atoms with E-state index >= 15 is 0 Å². The summed E-state index contributed by atoms with van der Waals surface area (Å²) >= 11 is 0. The molecule has 1 aromatic rings. The third-order valence-corrected chi connectivity index (χ3v) is 7.15. The van der Waals surface area contributed by atoms with Crippen LogP contribution >= 0.6 is 0 Å². The fraction of sp³-hybridized carbons (Fsp3) is 0.655. The Labute approximate surface area is 231 Å². The second-order valence-electron chi connectivity index (χ2n) is 11.2. The smallest absolute Gasteiger partial charge is 0.480 e. The monoisotopic (exact) mass is 551 g/mol. The number of hydrogen-bond donors (Lipinski definition) is 2. The zero-order valence-electron chi connectivity index (χ0n) is 24.7. The standard InChI is InChI=1S/C29H45NO9/c1-10-17(4)36-27(35)37-18(5)15-20(23(30)24(31)32)19-13-14-21(38-25(33)28(6,7)11-2)22(16-19)39-26(34)29(8,9)12-3/h13-14,16-18,20,23H,10-12,15,30H2,1-9H3,(H,31,32)/t17?,18?,20?,23-/m0/s1. The van der Waals surface area contributed by atoms with Crippen LogP contribution in [-0.4, -0.2) is 47.4 Å². The van der Waals surface area contributed by atoms with Crippen LogP contribution in [-0.2, 0) is 23.9 Å². The molecule has 1 rings (SSSR count). The molecule has 0 spiro atoms. The van der Waals surface area contributed by atoms with Crippen molar-refractivity contribution in [3.63, 3.8) is 0 Å². The Hall–Kier alpha value is -3.14. The van der Waals surface area contributed by atoms with Gasteiger partial charge in [-0.05, 0) is 84.9 Å². The number of esters is 2. The molecule has 3 N–H and O–H groups in total. The number of rotatable bonds is 14. The van der Waals surface area contributed by atoms with Crippen LogP contribution in [0.1, 0.15) is 99.5 Å². The number of carboxylic acids is 1. The number of nitrogens with two attached hydrogens (primary N) is 1. The Morgan fingerprint density at radius 1 is 0.846 bits per heavy atom. The second kappa shape index (κ2) is 14.3. The first-order valence-corrected chi connectivity index (χ1v) is 13.4. The van der Waals surface area contributed by atoms with Crippen LogP contribution in [0.25, 0.3) is 0 Å². The maximum Gasteiger partial charge on any atom is 0.508 e. The number of ether oxygens (including phenoxy) is 4. The van der Waals surface area contributed by atoms with Crippen molar-refractivity contribution in [1.29, 1.82) is 0 Å². The van der Waals surface area contributed by atoms with Crippen LogP contribution in [0.2, 0.25) is 0 Å². The lowest BCUT2D eigenvalue weighted by atomic mass is 9.86. The third-order valence-electron chi connectivity index (χ3n) is 7.15. The number of benzene rings is 1. The predicted octanol–water partition coefficient (Wildman–Crippen LogP) is 5.60. The van der Waals surface area contributed by atoms with Crippen molar-refractivity contribution < 1.29 is 43.2 Å². The van der Waals surface area contributed by atoms with Crippen molar-refractivity contribution in [2.45, 2.75) is 112 Å². The van der Waals surface area contributed by atoms with Gasteiger partial charge in [-0.25, -0.2) is 4.79 Å². The van der Waals surface area contributed by atoms with E-state index in [-0.39, 0.29) is 24.0 Å². The number of carbonyl (C=O) groups excluding carboxylic acids is 3. The molecule has 0 saturated heterocycles. The van der Waals surface area contributed by atoms with E-state index in [1.807, 2.05) is 20.8 Å².